The minimum absolute atomic E-state index is 0.115. The second-order valence-electron chi connectivity index (χ2n) is 8.41. The van der Waals surface area contributed by atoms with E-state index in [1.165, 1.54) is 25.4 Å². The van der Waals surface area contributed by atoms with Gasteiger partial charge in [0.15, 0.2) is 0 Å². The molecule has 1 saturated carbocycles. The van der Waals surface area contributed by atoms with Crippen molar-refractivity contribution in [3.63, 3.8) is 0 Å². The number of carbonyl (C=O) groups is 1. The van der Waals surface area contributed by atoms with Crippen LogP contribution in [0.25, 0.3) is 0 Å². The van der Waals surface area contributed by atoms with Gasteiger partial charge in [0, 0.05) is 38.9 Å². The minimum Gasteiger partial charge on any atom is -0.361 e. The molecule has 25 heavy (non-hydrogen) atoms. The molecule has 5 heteroatoms. The van der Waals surface area contributed by atoms with E-state index in [0.717, 1.165) is 31.3 Å². The summed E-state index contributed by atoms with van der Waals surface area (Å²) in [7, 11) is 2.91. The van der Waals surface area contributed by atoms with Gasteiger partial charge in [-0.2, -0.15) is 0 Å². The number of methoxy groups -OCH3 is 2. The van der Waals surface area contributed by atoms with Crippen molar-refractivity contribution < 1.29 is 24.5 Å². The van der Waals surface area contributed by atoms with Crippen molar-refractivity contribution in [3.05, 3.63) is 22.8 Å². The van der Waals surface area contributed by atoms with Crippen LogP contribution in [0.4, 0.5) is 0 Å². The normalized spacial score (nSPS) is 38.8. The number of hydrogen-bond acceptors (Lipinski definition) is 5. The van der Waals surface area contributed by atoms with Gasteiger partial charge < -0.3 is 19.7 Å². The predicted octanol–water partition coefficient (Wildman–Crippen LogP) is 2.47. The van der Waals surface area contributed by atoms with Crippen LogP contribution in [0, 0.1) is 17.3 Å². The zero-order chi connectivity index (χ0) is 18.0. The van der Waals surface area contributed by atoms with Crippen LogP contribution in [-0.2, 0) is 14.3 Å². The van der Waals surface area contributed by atoms with Gasteiger partial charge in [0.05, 0.1) is 0 Å². The van der Waals surface area contributed by atoms with Gasteiger partial charge >= 0.3 is 0 Å². The van der Waals surface area contributed by atoms with Crippen LogP contribution >= 0.6 is 0 Å². The third kappa shape index (κ3) is 2.19. The summed E-state index contributed by atoms with van der Waals surface area (Å²) in [6, 6.07) is 0. The maximum atomic E-state index is 12.4. The lowest BCUT2D eigenvalue weighted by atomic mass is 9.58. The van der Waals surface area contributed by atoms with Crippen LogP contribution in [0.3, 0.4) is 0 Å². The number of allylic oxidation sites excluding steroid dienone is 2. The molecule has 0 saturated heterocycles. The van der Waals surface area contributed by atoms with Gasteiger partial charge in [-0.05, 0) is 48.7 Å². The largest absolute Gasteiger partial charge is 0.361 e. The lowest BCUT2D eigenvalue weighted by Gasteiger charge is -2.50. The topological polar surface area (TPSA) is 76.0 Å². The maximum absolute atomic E-state index is 12.4. The number of ether oxygens (including phenoxy) is 2. The summed E-state index contributed by atoms with van der Waals surface area (Å²) in [6.45, 7) is 2.12. The molecule has 2 N–H and O–H groups in total. The molecule has 0 aromatic carbocycles. The Balaban J connectivity index is 1.74. The van der Waals surface area contributed by atoms with Crippen LogP contribution in [0.2, 0.25) is 0 Å². The van der Waals surface area contributed by atoms with E-state index in [9.17, 15) is 15.0 Å². The molecular formula is C20H28O5. The molecule has 4 rings (SSSR count). The van der Waals surface area contributed by atoms with Crippen molar-refractivity contribution in [2.24, 2.45) is 17.3 Å². The molecule has 0 aliphatic heterocycles. The van der Waals surface area contributed by atoms with Gasteiger partial charge in [-0.1, -0.05) is 18.6 Å². The Morgan fingerprint density at radius 1 is 1.12 bits per heavy atom. The molecule has 0 radical (unpaired) electrons. The molecule has 2 unspecified atom stereocenters. The number of hydrogen-bond donors (Lipinski definition) is 2. The van der Waals surface area contributed by atoms with E-state index in [1.54, 1.807) is 0 Å². The molecule has 0 amide bonds. The third-order valence-corrected chi connectivity index (χ3v) is 7.44. The molecule has 3 atom stereocenters. The van der Waals surface area contributed by atoms with E-state index < -0.39 is 11.6 Å². The van der Waals surface area contributed by atoms with Gasteiger partial charge in [0.1, 0.15) is 5.78 Å². The van der Waals surface area contributed by atoms with E-state index in [1.807, 2.05) is 0 Å². The fraction of sp³-hybridized carbons (Fsp3) is 0.750. The van der Waals surface area contributed by atoms with Crippen molar-refractivity contribution in [3.8, 4) is 0 Å². The molecular weight excluding hydrogens is 320 g/mol. The third-order valence-electron chi connectivity index (χ3n) is 7.44. The first-order valence-corrected chi connectivity index (χ1v) is 9.28. The quantitative estimate of drug-likeness (QED) is 0.750. The molecule has 4 aliphatic rings. The van der Waals surface area contributed by atoms with Crippen molar-refractivity contribution in [2.75, 3.05) is 14.2 Å². The molecule has 0 spiro atoms. The highest BCUT2D eigenvalue weighted by Crippen LogP contribution is 2.59. The number of rotatable bonds is 2. The summed E-state index contributed by atoms with van der Waals surface area (Å²) in [5.74, 6) is -2.34. The first-order valence-electron chi connectivity index (χ1n) is 9.28. The highest BCUT2D eigenvalue weighted by atomic mass is 16.7. The van der Waals surface area contributed by atoms with Crippen LogP contribution in [0.1, 0.15) is 51.9 Å². The average molecular weight is 348 g/mol. The summed E-state index contributed by atoms with van der Waals surface area (Å²) in [5, 5.41) is 21.4. The number of aliphatic hydroxyl groups is 2. The van der Waals surface area contributed by atoms with Crippen LogP contribution < -0.4 is 0 Å². The second-order valence-corrected chi connectivity index (χ2v) is 8.41. The molecule has 0 aromatic heterocycles. The Kier molecular flexibility index (Phi) is 3.82. The molecule has 138 valence electrons. The van der Waals surface area contributed by atoms with Gasteiger partial charge in [0.2, 0.25) is 11.6 Å². The van der Waals surface area contributed by atoms with E-state index >= 15 is 0 Å². The van der Waals surface area contributed by atoms with E-state index in [2.05, 4.69) is 13.0 Å². The van der Waals surface area contributed by atoms with Gasteiger partial charge in [-0.3, -0.25) is 4.79 Å². The number of ketones is 1. The zero-order valence-corrected chi connectivity index (χ0v) is 15.3. The molecule has 0 heterocycles. The average Bonchev–Trinajstić information content (AvgIpc) is 2.89. The van der Waals surface area contributed by atoms with Gasteiger partial charge in [-0.25, -0.2) is 0 Å². The highest BCUT2D eigenvalue weighted by molar-refractivity contribution is 5.87. The van der Waals surface area contributed by atoms with Crippen LogP contribution in [0.15, 0.2) is 22.8 Å². The molecule has 0 bridgehead atoms. The fourth-order valence-corrected chi connectivity index (χ4v) is 5.87. The zero-order valence-electron chi connectivity index (χ0n) is 15.3. The van der Waals surface area contributed by atoms with Gasteiger partial charge in [0.25, 0.3) is 0 Å². The van der Waals surface area contributed by atoms with Crippen molar-refractivity contribution in [2.45, 2.75) is 63.4 Å². The summed E-state index contributed by atoms with van der Waals surface area (Å²) in [4.78, 5) is 12.4. The van der Waals surface area contributed by atoms with Crippen LogP contribution in [0.5, 0.6) is 0 Å². The molecule has 0 aromatic rings. The van der Waals surface area contributed by atoms with E-state index in [-0.39, 0.29) is 11.8 Å². The van der Waals surface area contributed by atoms with E-state index in [0.29, 0.717) is 30.5 Å². The SMILES string of the molecule is COC1(OC)CC2=C(CC1(O)O)C1=CC[C@]3(C)C(=O)CCC3C1CC2. The minimum atomic E-state index is -2.07. The predicted molar refractivity (Wildman–Crippen MR) is 91.4 cm³/mol. The fourth-order valence-electron chi connectivity index (χ4n) is 5.87. The standard InChI is InChI=1S/C20H28O5/c1-18-9-8-13-14(16(18)6-7-17(18)21)5-4-12-10-20(24-2,25-3)19(22,23)11-15(12)13/h8,14,16,22-23H,4-7,9-11H2,1-3H3/t14?,16?,18-/m0/s1. The summed E-state index contributed by atoms with van der Waals surface area (Å²) < 4.78 is 10.8. The lowest BCUT2D eigenvalue weighted by molar-refractivity contribution is -0.375. The summed E-state index contributed by atoms with van der Waals surface area (Å²) >= 11 is 0. The second kappa shape index (κ2) is 5.49. The Morgan fingerprint density at radius 3 is 2.52 bits per heavy atom. The lowest BCUT2D eigenvalue weighted by Crippen LogP contribution is -2.60. The molecule has 1 fully saturated rings. The number of Topliss-reactive ketones (excluding diaryl/α,β-unsaturated/α-hetero) is 1. The highest BCUT2D eigenvalue weighted by Gasteiger charge is 2.58. The first-order chi connectivity index (χ1) is 11.8. The Bertz CT molecular complexity index is 670. The number of carbonyl (C=O) groups excluding carboxylic acids is 1. The Hall–Kier alpha value is -1.01. The smallest absolute Gasteiger partial charge is 0.227 e. The Labute approximate surface area is 148 Å². The van der Waals surface area contributed by atoms with Crippen LogP contribution in [-0.4, -0.2) is 41.8 Å². The van der Waals surface area contributed by atoms with Crippen molar-refractivity contribution >= 4 is 5.78 Å². The van der Waals surface area contributed by atoms with E-state index in [4.69, 9.17) is 9.47 Å². The first kappa shape index (κ1) is 17.4. The molecule has 4 aliphatic carbocycles. The number of fused-ring (bicyclic) bond motifs is 4. The molecule has 5 nitrogen and oxygen atoms in total. The van der Waals surface area contributed by atoms with Crippen molar-refractivity contribution in [1.82, 2.24) is 0 Å². The van der Waals surface area contributed by atoms with Gasteiger partial charge in [-0.15, -0.1) is 0 Å². The summed E-state index contributed by atoms with van der Waals surface area (Å²) in [6.07, 6.45) is 7.02. The summed E-state index contributed by atoms with van der Waals surface area (Å²) in [5.41, 5.74) is 3.29. The maximum Gasteiger partial charge on any atom is 0.227 e. The van der Waals surface area contributed by atoms with Crippen molar-refractivity contribution in [1.29, 1.82) is 0 Å². The Morgan fingerprint density at radius 2 is 1.84 bits per heavy atom. The monoisotopic (exact) mass is 348 g/mol.